The van der Waals surface area contributed by atoms with Crippen molar-refractivity contribution in [1.82, 2.24) is 19.5 Å². The molecule has 0 bridgehead atoms. The number of nitrogens with zero attached hydrogens (tertiary/aromatic N) is 5. The summed E-state index contributed by atoms with van der Waals surface area (Å²) in [5.74, 6) is -1.96. The van der Waals surface area contributed by atoms with Gasteiger partial charge in [0.05, 0.1) is 24.6 Å². The lowest BCUT2D eigenvalue weighted by molar-refractivity contribution is -0.123. The van der Waals surface area contributed by atoms with Crippen LogP contribution in [0.3, 0.4) is 0 Å². The monoisotopic (exact) mass is 495 g/mol. The normalized spacial score (nSPS) is 13.6. The third-order valence-electron chi connectivity index (χ3n) is 5.79. The number of ketones is 1. The summed E-state index contributed by atoms with van der Waals surface area (Å²) in [6.45, 7) is 0.526. The van der Waals surface area contributed by atoms with Gasteiger partial charge >= 0.3 is 5.97 Å². The van der Waals surface area contributed by atoms with E-state index in [1.54, 1.807) is 28.6 Å². The van der Waals surface area contributed by atoms with Crippen LogP contribution in [0.25, 0.3) is 16.2 Å². The molecule has 0 unspecified atom stereocenters. The van der Waals surface area contributed by atoms with Crippen molar-refractivity contribution in [2.24, 2.45) is 5.92 Å². The molecule has 0 spiro atoms. The van der Waals surface area contributed by atoms with E-state index >= 15 is 4.39 Å². The van der Waals surface area contributed by atoms with E-state index in [0.717, 1.165) is 12.3 Å². The Morgan fingerprint density at radius 2 is 2.09 bits per heavy atom. The van der Waals surface area contributed by atoms with Gasteiger partial charge in [-0.3, -0.25) is 19.1 Å². The van der Waals surface area contributed by atoms with Gasteiger partial charge < -0.3 is 14.7 Å². The summed E-state index contributed by atoms with van der Waals surface area (Å²) < 4.78 is 21.4. The number of aromatic nitrogens is 4. The lowest BCUT2D eigenvalue weighted by atomic mass is 9.92. The largest absolute Gasteiger partial charge is 0.495 e. The van der Waals surface area contributed by atoms with Crippen molar-refractivity contribution >= 4 is 39.9 Å². The van der Waals surface area contributed by atoms with Crippen LogP contribution in [-0.2, 0) is 11.2 Å². The molecule has 4 aromatic rings. The zero-order valence-electron chi connectivity index (χ0n) is 18.3. The van der Waals surface area contributed by atoms with Gasteiger partial charge in [-0.1, -0.05) is 0 Å². The van der Waals surface area contributed by atoms with E-state index in [4.69, 9.17) is 4.74 Å². The fourth-order valence-electron chi connectivity index (χ4n) is 3.88. The van der Waals surface area contributed by atoms with Crippen LogP contribution < -0.4 is 15.1 Å². The number of ether oxygens (including phenoxy) is 1. The number of hydrogen-bond donors (Lipinski definition) is 1. The zero-order valence-corrected chi connectivity index (χ0v) is 19.2. The summed E-state index contributed by atoms with van der Waals surface area (Å²) in [4.78, 5) is 51.2. The third-order valence-corrected chi connectivity index (χ3v) is 6.56. The van der Waals surface area contributed by atoms with Gasteiger partial charge in [0.15, 0.2) is 22.4 Å². The molecule has 5 heterocycles. The molecule has 1 N–H and O–H groups in total. The van der Waals surface area contributed by atoms with Crippen molar-refractivity contribution in [3.8, 4) is 10.9 Å². The Bertz CT molecular complexity index is 1500. The second-order valence-electron chi connectivity index (χ2n) is 7.96. The van der Waals surface area contributed by atoms with Crippen molar-refractivity contribution in [2.75, 3.05) is 25.1 Å². The van der Waals surface area contributed by atoms with Gasteiger partial charge in [-0.25, -0.2) is 19.2 Å². The molecule has 1 aliphatic heterocycles. The van der Waals surface area contributed by atoms with E-state index in [0.29, 0.717) is 16.6 Å². The Kier molecular flexibility index (Phi) is 5.73. The van der Waals surface area contributed by atoms with Crippen LogP contribution in [0.15, 0.2) is 47.0 Å². The molecule has 5 rings (SSSR count). The van der Waals surface area contributed by atoms with Gasteiger partial charge in [0.2, 0.25) is 5.43 Å². The van der Waals surface area contributed by atoms with Crippen molar-refractivity contribution in [2.45, 2.75) is 6.42 Å². The molecule has 0 atom stereocenters. The van der Waals surface area contributed by atoms with Crippen LogP contribution in [0.2, 0.25) is 0 Å². The number of carboxylic acids is 1. The number of fused-ring (bicyclic) bond motifs is 1. The highest BCUT2D eigenvalue weighted by Crippen LogP contribution is 2.29. The molecular weight excluding hydrogens is 477 g/mol. The van der Waals surface area contributed by atoms with E-state index in [2.05, 4.69) is 15.0 Å². The molecule has 1 fully saturated rings. The number of methoxy groups -OCH3 is 1. The molecule has 1 saturated heterocycles. The Hall–Kier alpha value is -4.19. The first-order valence-electron chi connectivity index (χ1n) is 10.5. The van der Waals surface area contributed by atoms with Crippen molar-refractivity contribution in [3.63, 3.8) is 0 Å². The van der Waals surface area contributed by atoms with Crippen LogP contribution in [0.4, 0.5) is 10.2 Å². The molecule has 10 nitrogen and oxygen atoms in total. The summed E-state index contributed by atoms with van der Waals surface area (Å²) in [5.41, 5.74) is -0.639. The number of thiazole rings is 1. The summed E-state index contributed by atoms with van der Waals surface area (Å²) in [6, 6.07) is 4.45. The predicted octanol–water partition coefficient (Wildman–Crippen LogP) is 2.33. The number of carboxylic acid groups (broad SMARTS) is 1. The first-order valence-corrected chi connectivity index (χ1v) is 11.4. The number of carbonyl (C=O) groups is 2. The van der Waals surface area contributed by atoms with Gasteiger partial charge in [-0.05, 0) is 18.2 Å². The molecule has 35 heavy (non-hydrogen) atoms. The fourth-order valence-corrected chi connectivity index (χ4v) is 4.50. The minimum atomic E-state index is -1.43. The molecule has 0 aliphatic carbocycles. The van der Waals surface area contributed by atoms with Gasteiger partial charge in [0.25, 0.3) is 0 Å². The van der Waals surface area contributed by atoms with E-state index in [1.165, 1.54) is 29.2 Å². The van der Waals surface area contributed by atoms with Gasteiger partial charge in [0.1, 0.15) is 17.1 Å². The van der Waals surface area contributed by atoms with Crippen molar-refractivity contribution in [1.29, 1.82) is 0 Å². The second kappa shape index (κ2) is 8.87. The topological polar surface area (TPSA) is 128 Å². The van der Waals surface area contributed by atoms with Crippen molar-refractivity contribution < 1.29 is 23.8 Å². The summed E-state index contributed by atoms with van der Waals surface area (Å²) in [7, 11) is 1.53. The van der Waals surface area contributed by atoms with E-state index in [1.807, 2.05) is 0 Å². The number of rotatable bonds is 7. The van der Waals surface area contributed by atoms with Crippen molar-refractivity contribution in [3.05, 3.63) is 69.5 Å². The predicted molar refractivity (Wildman–Crippen MR) is 125 cm³/mol. The van der Waals surface area contributed by atoms with Crippen LogP contribution in [0.1, 0.15) is 16.1 Å². The minimum Gasteiger partial charge on any atom is -0.495 e. The SMILES string of the molecule is COc1ccc(CC(=O)C2CN(c3nc4c(cc3F)c(=O)c(C(=O)O)cn4-c3nccs3)C2)nc1. The number of carbonyl (C=O) groups excluding carboxylic acids is 1. The van der Waals surface area contributed by atoms with Gasteiger partial charge in [-0.15, -0.1) is 11.3 Å². The maximum absolute atomic E-state index is 15.0. The molecule has 0 aromatic carbocycles. The maximum Gasteiger partial charge on any atom is 0.341 e. The number of hydrogen-bond acceptors (Lipinski definition) is 9. The Balaban J connectivity index is 1.42. The average molecular weight is 495 g/mol. The summed E-state index contributed by atoms with van der Waals surface area (Å²) >= 11 is 1.21. The number of Topliss-reactive ketones (excluding diaryl/α,β-unsaturated/α-hetero) is 1. The Morgan fingerprint density at radius 3 is 2.71 bits per heavy atom. The minimum absolute atomic E-state index is 0.0168. The Morgan fingerprint density at radius 1 is 1.29 bits per heavy atom. The smallest absolute Gasteiger partial charge is 0.341 e. The number of aromatic carboxylic acids is 1. The first-order chi connectivity index (χ1) is 16.9. The number of halogens is 1. The second-order valence-corrected chi connectivity index (χ2v) is 8.83. The molecular formula is C23H18FN5O5S. The van der Waals surface area contributed by atoms with E-state index in [9.17, 15) is 19.5 Å². The van der Waals surface area contributed by atoms with Crippen LogP contribution >= 0.6 is 11.3 Å². The highest BCUT2D eigenvalue weighted by atomic mass is 32.1. The highest BCUT2D eigenvalue weighted by molar-refractivity contribution is 7.12. The Labute approximate surface area is 201 Å². The van der Waals surface area contributed by atoms with Gasteiger partial charge in [-0.2, -0.15) is 0 Å². The summed E-state index contributed by atoms with van der Waals surface area (Å²) in [5, 5.41) is 11.3. The standard InChI is InChI=1S/C23H18FN5O5S/c1-34-14-3-2-13(26-8-14)6-18(30)12-9-28(10-12)21-17(24)7-15-19(31)16(22(32)33)11-29(20(15)27-21)23-25-4-5-35-23/h2-5,7-8,11-12H,6,9-10H2,1H3,(H,32,33). The number of pyridine rings is 3. The van der Waals surface area contributed by atoms with Crippen LogP contribution in [-0.4, -0.2) is 56.6 Å². The third kappa shape index (κ3) is 4.12. The molecule has 0 amide bonds. The fraction of sp³-hybridized carbons (Fsp3) is 0.217. The molecule has 0 saturated carbocycles. The van der Waals surface area contributed by atoms with Gasteiger partial charge in [0, 0.05) is 43.0 Å². The lowest BCUT2D eigenvalue weighted by Gasteiger charge is -2.39. The number of anilines is 1. The highest BCUT2D eigenvalue weighted by Gasteiger charge is 2.35. The molecule has 12 heteroatoms. The molecule has 0 radical (unpaired) electrons. The molecule has 4 aromatic heterocycles. The van der Waals surface area contributed by atoms with E-state index in [-0.39, 0.29) is 48.1 Å². The average Bonchev–Trinajstić information content (AvgIpc) is 3.34. The quantitative estimate of drug-likeness (QED) is 0.411. The first kappa shape index (κ1) is 22.6. The molecule has 1 aliphatic rings. The van der Waals surface area contributed by atoms with Crippen LogP contribution in [0, 0.1) is 11.7 Å². The summed E-state index contributed by atoms with van der Waals surface area (Å²) in [6.07, 6.45) is 4.36. The van der Waals surface area contributed by atoms with Crippen LogP contribution in [0.5, 0.6) is 5.75 Å². The lowest BCUT2D eigenvalue weighted by Crippen LogP contribution is -2.51. The maximum atomic E-state index is 15.0. The molecule has 178 valence electrons. The van der Waals surface area contributed by atoms with E-state index < -0.39 is 22.8 Å². The zero-order chi connectivity index (χ0) is 24.7.